The van der Waals surface area contributed by atoms with Crippen LogP contribution in [-0.2, 0) is 10.2 Å². The summed E-state index contributed by atoms with van der Waals surface area (Å²) in [7, 11) is 1.37. The van der Waals surface area contributed by atoms with E-state index < -0.39 is 12.1 Å². The Morgan fingerprint density at radius 2 is 1.89 bits per heavy atom. The Balaban J connectivity index is 3.46. The van der Waals surface area contributed by atoms with Crippen molar-refractivity contribution in [3.8, 4) is 11.5 Å². The lowest BCUT2D eigenvalue weighted by Crippen LogP contribution is -2.15. The zero-order valence-corrected chi connectivity index (χ0v) is 10.9. The zero-order chi connectivity index (χ0) is 14.1. The fraction of sp³-hybridized carbons (Fsp3) is 0.462. The van der Waals surface area contributed by atoms with Gasteiger partial charge in [0.2, 0.25) is 0 Å². The smallest absolute Gasteiger partial charge is 0.337 e. The standard InChI is InChI=1S/C13H18O5/c1-13(2,3)7-5-8(11(15)12(16)17)10(14)9(6-7)18-4/h5-6,11,14-15H,1-4H3,(H,16,17). The topological polar surface area (TPSA) is 87.0 Å². The van der Waals surface area contributed by atoms with Crippen LogP contribution in [0.1, 0.15) is 38.0 Å². The molecule has 0 bridgehead atoms. The molecule has 1 atom stereocenters. The molecule has 0 saturated carbocycles. The van der Waals surface area contributed by atoms with E-state index in [0.717, 1.165) is 5.56 Å². The molecule has 0 heterocycles. The van der Waals surface area contributed by atoms with E-state index >= 15 is 0 Å². The SMILES string of the molecule is COc1cc(C(C)(C)C)cc(C(O)C(=O)O)c1O. The van der Waals surface area contributed by atoms with Crippen LogP contribution in [0.2, 0.25) is 0 Å². The van der Waals surface area contributed by atoms with Gasteiger partial charge in [-0.25, -0.2) is 4.79 Å². The summed E-state index contributed by atoms with van der Waals surface area (Å²) in [4.78, 5) is 10.8. The van der Waals surface area contributed by atoms with Crippen LogP contribution in [0.15, 0.2) is 12.1 Å². The first-order valence-electron chi connectivity index (χ1n) is 5.50. The average Bonchev–Trinajstić information content (AvgIpc) is 2.26. The minimum atomic E-state index is -1.78. The van der Waals surface area contributed by atoms with Gasteiger partial charge in [-0.3, -0.25) is 0 Å². The van der Waals surface area contributed by atoms with Crippen molar-refractivity contribution in [2.75, 3.05) is 7.11 Å². The van der Waals surface area contributed by atoms with Crippen molar-refractivity contribution in [2.24, 2.45) is 0 Å². The average molecular weight is 254 g/mol. The molecule has 5 nitrogen and oxygen atoms in total. The Bertz CT molecular complexity index is 459. The molecule has 1 aromatic carbocycles. The van der Waals surface area contributed by atoms with E-state index in [0.29, 0.717) is 0 Å². The number of hydrogen-bond acceptors (Lipinski definition) is 4. The summed E-state index contributed by atoms with van der Waals surface area (Å²) in [6.45, 7) is 5.82. The quantitative estimate of drug-likeness (QED) is 0.765. The fourth-order valence-electron chi connectivity index (χ4n) is 1.56. The molecule has 1 unspecified atom stereocenters. The molecule has 3 N–H and O–H groups in total. The third-order valence-electron chi connectivity index (χ3n) is 2.72. The number of aromatic hydroxyl groups is 1. The van der Waals surface area contributed by atoms with Crippen molar-refractivity contribution in [3.05, 3.63) is 23.3 Å². The Labute approximate surface area is 106 Å². The molecule has 0 radical (unpaired) electrons. The van der Waals surface area contributed by atoms with Crippen LogP contribution in [0.5, 0.6) is 11.5 Å². The summed E-state index contributed by atoms with van der Waals surface area (Å²) < 4.78 is 5.00. The Morgan fingerprint density at radius 1 is 1.33 bits per heavy atom. The predicted octanol–water partition coefficient (Wildman–Crippen LogP) is 1.82. The first-order chi connectivity index (χ1) is 8.18. The first-order valence-corrected chi connectivity index (χ1v) is 5.50. The van der Waals surface area contributed by atoms with Gasteiger partial charge in [-0.1, -0.05) is 20.8 Å². The van der Waals surface area contributed by atoms with Crippen LogP contribution >= 0.6 is 0 Å². The highest BCUT2D eigenvalue weighted by atomic mass is 16.5. The number of aliphatic carboxylic acids is 1. The number of benzene rings is 1. The molecule has 0 aromatic heterocycles. The highest BCUT2D eigenvalue weighted by Gasteiger charge is 2.26. The Morgan fingerprint density at radius 3 is 2.28 bits per heavy atom. The lowest BCUT2D eigenvalue weighted by atomic mass is 9.85. The van der Waals surface area contributed by atoms with Crippen molar-refractivity contribution >= 4 is 5.97 Å². The molecule has 0 aliphatic rings. The number of hydrogen-bond donors (Lipinski definition) is 3. The molecule has 0 saturated heterocycles. The first kappa shape index (κ1) is 14.3. The van der Waals surface area contributed by atoms with Crippen LogP contribution in [0.4, 0.5) is 0 Å². The summed E-state index contributed by atoms with van der Waals surface area (Å²) in [5.41, 5.74) is 0.452. The van der Waals surface area contributed by atoms with Gasteiger partial charge in [0.25, 0.3) is 0 Å². The summed E-state index contributed by atoms with van der Waals surface area (Å²) in [6, 6.07) is 3.12. The van der Waals surface area contributed by atoms with Crippen molar-refractivity contribution in [3.63, 3.8) is 0 Å². The molecule has 0 fully saturated rings. The van der Waals surface area contributed by atoms with Crippen molar-refractivity contribution in [1.82, 2.24) is 0 Å². The summed E-state index contributed by atoms with van der Waals surface area (Å²) in [5.74, 6) is -1.61. The van der Waals surface area contributed by atoms with Crippen LogP contribution in [0.3, 0.4) is 0 Å². The van der Waals surface area contributed by atoms with Crippen molar-refractivity contribution in [2.45, 2.75) is 32.3 Å². The second-order valence-corrected chi connectivity index (χ2v) is 5.11. The number of carboxylic acids is 1. The highest BCUT2D eigenvalue weighted by molar-refractivity contribution is 5.76. The van der Waals surface area contributed by atoms with E-state index in [2.05, 4.69) is 0 Å². The molecule has 0 amide bonds. The van der Waals surface area contributed by atoms with E-state index in [-0.39, 0.29) is 22.5 Å². The van der Waals surface area contributed by atoms with Gasteiger partial charge < -0.3 is 20.1 Å². The van der Waals surface area contributed by atoms with Crippen molar-refractivity contribution < 1.29 is 24.9 Å². The molecule has 5 heteroatoms. The fourth-order valence-corrected chi connectivity index (χ4v) is 1.56. The number of carboxylic acid groups (broad SMARTS) is 1. The summed E-state index contributed by atoms with van der Waals surface area (Å²) in [5, 5.41) is 28.2. The number of methoxy groups -OCH3 is 1. The lowest BCUT2D eigenvalue weighted by molar-refractivity contribution is -0.147. The number of ether oxygens (including phenoxy) is 1. The monoisotopic (exact) mass is 254 g/mol. The van der Waals surface area contributed by atoms with Crippen LogP contribution in [-0.4, -0.2) is 28.4 Å². The van der Waals surface area contributed by atoms with E-state index in [1.165, 1.54) is 13.2 Å². The van der Waals surface area contributed by atoms with E-state index in [4.69, 9.17) is 9.84 Å². The van der Waals surface area contributed by atoms with Crippen LogP contribution in [0, 0.1) is 0 Å². The maximum Gasteiger partial charge on any atom is 0.337 e. The molecule has 0 spiro atoms. The predicted molar refractivity (Wildman–Crippen MR) is 66.0 cm³/mol. The van der Waals surface area contributed by atoms with Gasteiger partial charge in [-0.2, -0.15) is 0 Å². The van der Waals surface area contributed by atoms with Gasteiger partial charge in [0, 0.05) is 5.56 Å². The third kappa shape index (κ3) is 2.73. The van der Waals surface area contributed by atoms with Gasteiger partial charge in [-0.05, 0) is 23.1 Å². The van der Waals surface area contributed by atoms with E-state index in [1.807, 2.05) is 20.8 Å². The van der Waals surface area contributed by atoms with E-state index in [9.17, 15) is 15.0 Å². The van der Waals surface area contributed by atoms with Gasteiger partial charge in [0.1, 0.15) is 0 Å². The third-order valence-corrected chi connectivity index (χ3v) is 2.72. The summed E-state index contributed by atoms with van der Waals surface area (Å²) in [6.07, 6.45) is -1.78. The maximum absolute atomic E-state index is 10.8. The number of phenolic OH excluding ortho intramolecular Hbond substituents is 1. The number of phenols is 1. The normalized spacial score (nSPS) is 13.2. The molecular weight excluding hydrogens is 236 g/mol. The molecule has 1 rings (SSSR count). The minimum Gasteiger partial charge on any atom is -0.504 e. The minimum absolute atomic E-state index is 0.0632. The Hall–Kier alpha value is -1.75. The largest absolute Gasteiger partial charge is 0.504 e. The molecule has 0 aliphatic carbocycles. The number of aliphatic hydroxyl groups is 1. The highest BCUT2D eigenvalue weighted by Crippen LogP contribution is 2.38. The summed E-state index contributed by atoms with van der Waals surface area (Å²) >= 11 is 0. The second kappa shape index (κ2) is 4.86. The second-order valence-electron chi connectivity index (χ2n) is 5.11. The lowest BCUT2D eigenvalue weighted by Gasteiger charge is -2.22. The zero-order valence-electron chi connectivity index (χ0n) is 10.9. The maximum atomic E-state index is 10.8. The number of rotatable bonds is 3. The molecule has 18 heavy (non-hydrogen) atoms. The molecule has 0 aliphatic heterocycles. The molecule has 1 aromatic rings. The van der Waals surface area contributed by atoms with Gasteiger partial charge in [0.05, 0.1) is 7.11 Å². The van der Waals surface area contributed by atoms with Gasteiger partial charge in [0.15, 0.2) is 17.6 Å². The Kier molecular flexibility index (Phi) is 3.86. The number of carbonyl (C=O) groups is 1. The van der Waals surface area contributed by atoms with Gasteiger partial charge >= 0.3 is 5.97 Å². The molecular formula is C13H18O5. The van der Waals surface area contributed by atoms with Crippen LogP contribution < -0.4 is 4.74 Å². The van der Waals surface area contributed by atoms with Gasteiger partial charge in [-0.15, -0.1) is 0 Å². The number of aliphatic hydroxyl groups excluding tert-OH is 1. The molecule has 100 valence electrons. The van der Waals surface area contributed by atoms with Crippen molar-refractivity contribution in [1.29, 1.82) is 0 Å². The van der Waals surface area contributed by atoms with Crippen LogP contribution in [0.25, 0.3) is 0 Å². The van der Waals surface area contributed by atoms with E-state index in [1.54, 1.807) is 6.07 Å².